The number of fused-ring (bicyclic) bond motifs is 1. The van der Waals surface area contributed by atoms with E-state index >= 15 is 0 Å². The number of carbonyl (C=O) groups excluding carboxylic acids is 1. The number of rotatable bonds is 6. The summed E-state index contributed by atoms with van der Waals surface area (Å²) in [6.45, 7) is 2.90. The van der Waals surface area contributed by atoms with Gasteiger partial charge in [0.1, 0.15) is 16.7 Å². The average molecular weight is 393 g/mol. The summed E-state index contributed by atoms with van der Waals surface area (Å²) >= 11 is 0. The van der Waals surface area contributed by atoms with Gasteiger partial charge in [0.2, 0.25) is 0 Å². The molecule has 1 aliphatic carbocycles. The van der Waals surface area contributed by atoms with Crippen LogP contribution in [0.4, 0.5) is 0 Å². The van der Waals surface area contributed by atoms with Crippen LogP contribution in [0.5, 0.6) is 5.75 Å². The van der Waals surface area contributed by atoms with Gasteiger partial charge in [-0.1, -0.05) is 0 Å². The maximum absolute atomic E-state index is 12.7. The molecule has 0 radical (unpaired) electrons. The highest BCUT2D eigenvalue weighted by molar-refractivity contribution is 7.87. The van der Waals surface area contributed by atoms with Crippen molar-refractivity contribution in [2.45, 2.75) is 43.8 Å². The zero-order chi connectivity index (χ0) is 19.0. The second-order valence-electron chi connectivity index (χ2n) is 7.04. The zero-order valence-electron chi connectivity index (χ0n) is 15.2. The highest BCUT2D eigenvalue weighted by Crippen LogP contribution is 2.46. The molecule has 1 aromatic heterocycles. The van der Waals surface area contributed by atoms with Crippen molar-refractivity contribution < 1.29 is 26.9 Å². The first-order valence-electron chi connectivity index (χ1n) is 9.32. The number of aromatic amines is 1. The van der Waals surface area contributed by atoms with E-state index in [4.69, 9.17) is 13.7 Å². The Balaban J connectivity index is 1.68. The Bertz CT molecular complexity index is 954. The smallest absolute Gasteiger partial charge is 0.354 e. The van der Waals surface area contributed by atoms with Crippen molar-refractivity contribution in [3.63, 3.8) is 0 Å². The molecular weight excluding hydrogens is 370 g/mol. The monoisotopic (exact) mass is 393 g/mol. The molecule has 146 valence electrons. The third-order valence-electron chi connectivity index (χ3n) is 5.05. The topological polar surface area (TPSA) is 94.7 Å². The van der Waals surface area contributed by atoms with Crippen LogP contribution in [0.25, 0.3) is 10.9 Å². The predicted molar refractivity (Wildman–Crippen MR) is 99.6 cm³/mol. The van der Waals surface area contributed by atoms with Crippen LogP contribution in [0.15, 0.2) is 18.2 Å². The molecule has 2 aromatic rings. The third-order valence-corrected chi connectivity index (χ3v) is 6.75. The van der Waals surface area contributed by atoms with Crippen molar-refractivity contribution in [3.8, 4) is 5.75 Å². The summed E-state index contributed by atoms with van der Waals surface area (Å²) in [6, 6.07) is 5.33. The molecule has 1 saturated heterocycles. The lowest BCUT2D eigenvalue weighted by Crippen LogP contribution is -2.32. The van der Waals surface area contributed by atoms with Crippen LogP contribution in [-0.2, 0) is 19.6 Å². The molecule has 1 aliphatic heterocycles. The number of hydrogen-bond donors (Lipinski definition) is 1. The Morgan fingerprint density at radius 1 is 1.19 bits per heavy atom. The van der Waals surface area contributed by atoms with Gasteiger partial charge < -0.3 is 18.6 Å². The average Bonchev–Trinajstić information content (AvgIpc) is 3.41. The van der Waals surface area contributed by atoms with Crippen molar-refractivity contribution in [1.29, 1.82) is 0 Å². The highest BCUT2D eigenvalue weighted by atomic mass is 32.2. The molecule has 2 fully saturated rings. The number of ether oxygens (including phenoxy) is 2. The summed E-state index contributed by atoms with van der Waals surface area (Å²) in [4.78, 5) is 15.0. The number of benzene rings is 1. The summed E-state index contributed by atoms with van der Waals surface area (Å²) in [5.41, 5.74) is 1.88. The third kappa shape index (κ3) is 3.82. The van der Waals surface area contributed by atoms with Gasteiger partial charge in [-0.2, -0.15) is 8.42 Å². The molecule has 0 spiro atoms. The van der Waals surface area contributed by atoms with E-state index in [1.807, 2.05) is 6.07 Å². The quantitative estimate of drug-likeness (QED) is 0.599. The van der Waals surface area contributed by atoms with Gasteiger partial charge in [0, 0.05) is 30.2 Å². The molecule has 7 nitrogen and oxygen atoms in total. The first-order valence-corrected chi connectivity index (χ1v) is 10.8. The number of hydrogen-bond acceptors (Lipinski definition) is 6. The molecule has 4 rings (SSSR count). The summed E-state index contributed by atoms with van der Waals surface area (Å²) in [7, 11) is -3.74. The maximum Gasteiger partial charge on any atom is 0.354 e. The van der Waals surface area contributed by atoms with E-state index in [1.54, 1.807) is 19.1 Å². The molecule has 1 saturated carbocycles. The minimum atomic E-state index is -3.74. The largest absolute Gasteiger partial charge is 0.461 e. The number of nitrogens with one attached hydrogen (secondary N) is 1. The molecular formula is C19H23NO6S. The number of H-pyrrole nitrogens is 1. The van der Waals surface area contributed by atoms with Crippen LogP contribution in [0.3, 0.4) is 0 Å². The van der Waals surface area contributed by atoms with Crippen molar-refractivity contribution in [2.75, 3.05) is 19.8 Å². The second-order valence-corrected chi connectivity index (χ2v) is 8.86. The predicted octanol–water partition coefficient (Wildman–Crippen LogP) is 3.11. The fourth-order valence-corrected chi connectivity index (χ4v) is 4.74. The van der Waals surface area contributed by atoms with Crippen LogP contribution in [-0.4, -0.2) is 44.4 Å². The van der Waals surface area contributed by atoms with E-state index in [9.17, 15) is 13.2 Å². The van der Waals surface area contributed by atoms with Crippen LogP contribution >= 0.6 is 0 Å². The molecule has 0 amide bonds. The van der Waals surface area contributed by atoms with Gasteiger partial charge in [-0.15, -0.1) is 0 Å². The fourth-order valence-electron chi connectivity index (χ4n) is 3.44. The molecule has 8 heteroatoms. The minimum Gasteiger partial charge on any atom is -0.461 e. The van der Waals surface area contributed by atoms with Gasteiger partial charge >= 0.3 is 16.1 Å². The molecule has 0 unspecified atom stereocenters. The molecule has 2 heterocycles. The van der Waals surface area contributed by atoms with Crippen LogP contribution < -0.4 is 4.18 Å². The number of carbonyl (C=O) groups is 1. The van der Waals surface area contributed by atoms with Gasteiger partial charge in [0.25, 0.3) is 0 Å². The SMILES string of the molecule is CCOC(=O)c1cc2cc(C3CC3)c(OS(=O)(=O)C3CCOCC3)cc2[nH]1. The van der Waals surface area contributed by atoms with Gasteiger partial charge in [0.05, 0.1) is 6.61 Å². The standard InChI is InChI=1S/C19H23NO6S/c1-2-25-19(21)17-10-13-9-15(12-3-4-12)18(11-16(13)20-17)26-27(22,23)14-5-7-24-8-6-14/h9-12,14,20H,2-8H2,1H3. The van der Waals surface area contributed by atoms with Gasteiger partial charge in [-0.25, -0.2) is 4.79 Å². The first kappa shape index (κ1) is 18.3. The van der Waals surface area contributed by atoms with Crippen molar-refractivity contribution in [3.05, 3.63) is 29.5 Å². The Kier molecular flexibility index (Phi) is 4.86. The van der Waals surface area contributed by atoms with Gasteiger partial charge in [-0.3, -0.25) is 0 Å². The van der Waals surface area contributed by atoms with E-state index in [1.165, 1.54) is 0 Å². The van der Waals surface area contributed by atoms with Gasteiger partial charge in [0.15, 0.2) is 0 Å². The molecule has 27 heavy (non-hydrogen) atoms. The van der Waals surface area contributed by atoms with E-state index in [2.05, 4.69) is 4.98 Å². The number of esters is 1. The van der Waals surface area contributed by atoms with Gasteiger partial charge in [-0.05, 0) is 56.2 Å². The first-order chi connectivity index (χ1) is 13.0. The van der Waals surface area contributed by atoms with E-state index in [-0.39, 0.29) is 0 Å². The Morgan fingerprint density at radius 3 is 2.59 bits per heavy atom. The Morgan fingerprint density at radius 2 is 1.93 bits per heavy atom. The lowest BCUT2D eigenvalue weighted by atomic mass is 10.1. The second kappa shape index (κ2) is 7.16. The lowest BCUT2D eigenvalue weighted by molar-refractivity contribution is 0.0520. The van der Waals surface area contributed by atoms with Crippen LogP contribution in [0.2, 0.25) is 0 Å². The summed E-state index contributed by atoms with van der Waals surface area (Å²) in [6.07, 6.45) is 2.90. The van der Waals surface area contributed by atoms with E-state index in [0.29, 0.717) is 55.5 Å². The summed E-state index contributed by atoms with van der Waals surface area (Å²) < 4.78 is 41.3. The molecule has 2 aliphatic rings. The molecule has 1 N–H and O–H groups in total. The molecule has 0 bridgehead atoms. The lowest BCUT2D eigenvalue weighted by Gasteiger charge is -2.22. The Hall–Kier alpha value is -2.06. The molecule has 1 aromatic carbocycles. The van der Waals surface area contributed by atoms with Crippen LogP contribution in [0, 0.1) is 0 Å². The Labute approximate surface area is 158 Å². The minimum absolute atomic E-state index is 0.291. The van der Waals surface area contributed by atoms with Crippen molar-refractivity contribution >= 4 is 27.0 Å². The van der Waals surface area contributed by atoms with E-state index < -0.39 is 21.3 Å². The number of aromatic nitrogens is 1. The fraction of sp³-hybridized carbons (Fsp3) is 0.526. The van der Waals surface area contributed by atoms with E-state index in [0.717, 1.165) is 23.8 Å². The zero-order valence-corrected chi connectivity index (χ0v) is 16.0. The maximum atomic E-state index is 12.7. The van der Waals surface area contributed by atoms with Crippen molar-refractivity contribution in [1.82, 2.24) is 4.98 Å². The summed E-state index contributed by atoms with van der Waals surface area (Å²) in [5.74, 6) is 0.225. The van der Waals surface area contributed by atoms with Crippen molar-refractivity contribution in [2.24, 2.45) is 0 Å². The molecule has 0 atom stereocenters. The van der Waals surface area contributed by atoms with Crippen LogP contribution in [0.1, 0.15) is 54.6 Å². The normalized spacial score (nSPS) is 18.6. The highest BCUT2D eigenvalue weighted by Gasteiger charge is 2.33. The summed E-state index contributed by atoms with van der Waals surface area (Å²) in [5, 5.41) is 0.295.